The maximum Gasteiger partial charge on any atom is 0.0468 e. The van der Waals surface area contributed by atoms with Gasteiger partial charge in [0.05, 0.1) is 0 Å². The van der Waals surface area contributed by atoms with E-state index in [-0.39, 0.29) is 6.61 Å². The van der Waals surface area contributed by atoms with Crippen molar-refractivity contribution >= 4 is 0 Å². The summed E-state index contributed by atoms with van der Waals surface area (Å²) in [4.78, 5) is 0. The Kier molecular flexibility index (Phi) is 4.80. The first kappa shape index (κ1) is 11.9. The summed E-state index contributed by atoms with van der Waals surface area (Å²) in [7, 11) is 0. The normalized spacial score (nSPS) is 17.5. The minimum Gasteiger partial charge on any atom is -0.396 e. The van der Waals surface area contributed by atoms with Crippen LogP contribution in [0.3, 0.4) is 0 Å². The van der Waals surface area contributed by atoms with E-state index in [0.717, 1.165) is 6.54 Å². The van der Waals surface area contributed by atoms with Gasteiger partial charge in [0.15, 0.2) is 0 Å². The zero-order valence-corrected chi connectivity index (χ0v) is 9.02. The van der Waals surface area contributed by atoms with Gasteiger partial charge in [-0.3, -0.25) is 0 Å². The van der Waals surface area contributed by atoms with Gasteiger partial charge in [-0.25, -0.2) is 0 Å². The fraction of sp³-hybridized carbons (Fsp3) is 1.00. The van der Waals surface area contributed by atoms with Gasteiger partial charge < -0.3 is 10.4 Å². The highest BCUT2D eigenvalue weighted by Gasteiger charge is 2.19. The van der Waals surface area contributed by atoms with Crippen LogP contribution in [-0.4, -0.2) is 24.3 Å². The van der Waals surface area contributed by atoms with Crippen LogP contribution in [0.1, 0.15) is 34.6 Å². The second kappa shape index (κ2) is 4.83. The summed E-state index contributed by atoms with van der Waals surface area (Å²) in [5, 5.41) is 12.2. The van der Waals surface area contributed by atoms with Crippen molar-refractivity contribution in [2.45, 2.75) is 40.7 Å². The highest BCUT2D eigenvalue weighted by atomic mass is 16.3. The highest BCUT2D eigenvalue weighted by Crippen LogP contribution is 2.18. The van der Waals surface area contributed by atoms with E-state index in [2.05, 4.69) is 33.0 Å². The fourth-order valence-electron chi connectivity index (χ4n) is 0.749. The van der Waals surface area contributed by atoms with Crippen LogP contribution in [0.5, 0.6) is 0 Å². The number of aliphatic hydroxyl groups excluding tert-OH is 1. The lowest BCUT2D eigenvalue weighted by Gasteiger charge is -2.29. The van der Waals surface area contributed by atoms with Crippen LogP contribution in [-0.2, 0) is 0 Å². The van der Waals surface area contributed by atoms with Crippen molar-refractivity contribution in [1.29, 1.82) is 0 Å². The Morgan fingerprint density at radius 1 is 1.25 bits per heavy atom. The monoisotopic (exact) mass is 173 g/mol. The lowest BCUT2D eigenvalue weighted by molar-refractivity contribution is 0.214. The first-order chi connectivity index (χ1) is 5.38. The summed E-state index contributed by atoms with van der Waals surface area (Å²) < 4.78 is 0. The molecule has 2 nitrogen and oxygen atoms in total. The van der Waals surface area contributed by atoms with Gasteiger partial charge >= 0.3 is 0 Å². The van der Waals surface area contributed by atoms with Crippen molar-refractivity contribution in [2.24, 2.45) is 11.3 Å². The molecule has 2 heteroatoms. The molecule has 0 aliphatic rings. The number of rotatable bonds is 4. The summed E-state index contributed by atoms with van der Waals surface area (Å²) in [6.07, 6.45) is 0. The SMILES string of the molecule is CC(CO)CNC(C)C(C)(C)C. The maximum atomic E-state index is 8.81. The third-order valence-electron chi connectivity index (χ3n) is 2.38. The Morgan fingerprint density at radius 3 is 2.08 bits per heavy atom. The Hall–Kier alpha value is -0.0800. The largest absolute Gasteiger partial charge is 0.396 e. The quantitative estimate of drug-likeness (QED) is 0.677. The van der Waals surface area contributed by atoms with E-state index < -0.39 is 0 Å². The number of aliphatic hydroxyl groups is 1. The molecule has 0 aliphatic carbocycles. The third-order valence-corrected chi connectivity index (χ3v) is 2.38. The summed E-state index contributed by atoms with van der Waals surface area (Å²) in [6, 6.07) is 0.492. The third kappa shape index (κ3) is 4.73. The minimum atomic E-state index is 0.268. The Morgan fingerprint density at radius 2 is 1.75 bits per heavy atom. The average molecular weight is 173 g/mol. The fourth-order valence-corrected chi connectivity index (χ4v) is 0.749. The minimum absolute atomic E-state index is 0.268. The van der Waals surface area contributed by atoms with Crippen molar-refractivity contribution in [2.75, 3.05) is 13.2 Å². The van der Waals surface area contributed by atoms with Gasteiger partial charge in [0, 0.05) is 19.2 Å². The Balaban J connectivity index is 3.64. The van der Waals surface area contributed by atoms with Crippen LogP contribution in [0, 0.1) is 11.3 Å². The summed E-state index contributed by atoms with van der Waals surface area (Å²) in [5.41, 5.74) is 0.301. The molecule has 74 valence electrons. The molecule has 0 saturated heterocycles. The van der Waals surface area contributed by atoms with Crippen molar-refractivity contribution in [3.05, 3.63) is 0 Å². The average Bonchev–Trinajstić information content (AvgIpc) is 1.97. The van der Waals surface area contributed by atoms with Crippen LogP contribution in [0.15, 0.2) is 0 Å². The van der Waals surface area contributed by atoms with E-state index in [9.17, 15) is 0 Å². The molecule has 0 radical (unpaired) electrons. The number of hydrogen-bond acceptors (Lipinski definition) is 2. The smallest absolute Gasteiger partial charge is 0.0468 e. The van der Waals surface area contributed by atoms with Crippen LogP contribution in [0.2, 0.25) is 0 Å². The molecule has 0 spiro atoms. The lowest BCUT2D eigenvalue weighted by atomic mass is 9.88. The van der Waals surface area contributed by atoms with Crippen molar-refractivity contribution in [1.82, 2.24) is 5.32 Å². The Bertz CT molecular complexity index is 117. The molecule has 2 N–H and O–H groups in total. The standard InChI is InChI=1S/C10H23NO/c1-8(7-12)6-11-9(2)10(3,4)5/h8-9,11-12H,6-7H2,1-5H3. The van der Waals surface area contributed by atoms with Gasteiger partial charge in [-0.05, 0) is 18.3 Å². The predicted octanol–water partition coefficient (Wildman–Crippen LogP) is 1.64. The molecule has 0 rings (SSSR count). The molecule has 0 amide bonds. The van der Waals surface area contributed by atoms with Gasteiger partial charge in [-0.2, -0.15) is 0 Å². The molecule has 0 saturated carbocycles. The van der Waals surface area contributed by atoms with Crippen LogP contribution in [0.4, 0.5) is 0 Å². The summed E-state index contributed by atoms with van der Waals surface area (Å²) in [5.74, 6) is 0.356. The van der Waals surface area contributed by atoms with E-state index in [4.69, 9.17) is 5.11 Å². The number of nitrogens with one attached hydrogen (secondary N) is 1. The molecule has 2 atom stereocenters. The summed E-state index contributed by atoms with van der Waals surface area (Å²) >= 11 is 0. The summed E-state index contributed by atoms with van der Waals surface area (Å²) in [6.45, 7) is 12.0. The molecule has 0 aromatic carbocycles. The van der Waals surface area contributed by atoms with Gasteiger partial charge in [-0.15, -0.1) is 0 Å². The molecule has 2 unspecified atom stereocenters. The van der Waals surface area contributed by atoms with Gasteiger partial charge in [0.25, 0.3) is 0 Å². The molecular weight excluding hydrogens is 150 g/mol. The molecule has 12 heavy (non-hydrogen) atoms. The second-order valence-electron chi connectivity index (χ2n) is 4.78. The molecule has 0 aromatic heterocycles. The molecular formula is C10H23NO. The van der Waals surface area contributed by atoms with Crippen LogP contribution in [0.25, 0.3) is 0 Å². The van der Waals surface area contributed by atoms with Gasteiger partial charge in [0.2, 0.25) is 0 Å². The maximum absolute atomic E-state index is 8.81. The number of hydrogen-bond donors (Lipinski definition) is 2. The van der Waals surface area contributed by atoms with E-state index in [0.29, 0.717) is 17.4 Å². The first-order valence-electron chi connectivity index (χ1n) is 4.72. The van der Waals surface area contributed by atoms with Crippen LogP contribution < -0.4 is 5.32 Å². The van der Waals surface area contributed by atoms with Crippen LogP contribution >= 0.6 is 0 Å². The Labute approximate surface area is 76.4 Å². The van der Waals surface area contributed by atoms with E-state index in [1.165, 1.54) is 0 Å². The molecule has 0 heterocycles. The lowest BCUT2D eigenvalue weighted by Crippen LogP contribution is -2.40. The predicted molar refractivity (Wildman–Crippen MR) is 53.2 cm³/mol. The first-order valence-corrected chi connectivity index (χ1v) is 4.72. The zero-order valence-electron chi connectivity index (χ0n) is 9.02. The topological polar surface area (TPSA) is 32.3 Å². The van der Waals surface area contributed by atoms with Crippen molar-refractivity contribution < 1.29 is 5.11 Å². The van der Waals surface area contributed by atoms with E-state index in [1.54, 1.807) is 0 Å². The molecule has 0 aromatic rings. The highest BCUT2D eigenvalue weighted by molar-refractivity contribution is 4.76. The van der Waals surface area contributed by atoms with E-state index in [1.807, 2.05) is 6.92 Å². The van der Waals surface area contributed by atoms with Gasteiger partial charge in [-0.1, -0.05) is 27.7 Å². The van der Waals surface area contributed by atoms with Gasteiger partial charge in [0.1, 0.15) is 0 Å². The zero-order chi connectivity index (χ0) is 9.78. The van der Waals surface area contributed by atoms with Crippen molar-refractivity contribution in [3.8, 4) is 0 Å². The molecule has 0 fully saturated rings. The molecule has 0 aliphatic heterocycles. The van der Waals surface area contributed by atoms with Crippen molar-refractivity contribution in [3.63, 3.8) is 0 Å². The second-order valence-corrected chi connectivity index (χ2v) is 4.78. The molecule has 0 bridgehead atoms. The van der Waals surface area contributed by atoms with E-state index >= 15 is 0 Å².